The van der Waals surface area contributed by atoms with Gasteiger partial charge in [0.25, 0.3) is 5.91 Å². The van der Waals surface area contributed by atoms with Crippen molar-refractivity contribution in [2.45, 2.75) is 31.7 Å². The standard InChI is InChI=1S/C14H18N2O3/c15-12-8-4-3-7-11(12)14(18)19-9-13(17)16-10-5-1-2-6-10/h3-4,7-8,10H,1-2,5-6,9,15H2,(H,16,17). The minimum atomic E-state index is -0.570. The highest BCUT2D eigenvalue weighted by molar-refractivity contribution is 5.96. The third kappa shape index (κ3) is 3.71. The SMILES string of the molecule is Nc1ccccc1C(=O)OCC(=O)NC1CCCC1. The number of nitrogens with one attached hydrogen (secondary N) is 1. The van der Waals surface area contributed by atoms with E-state index in [1.165, 1.54) is 0 Å². The number of nitrogen functional groups attached to an aromatic ring is 1. The predicted molar refractivity (Wildman–Crippen MR) is 71.5 cm³/mol. The number of carbonyl (C=O) groups excluding carboxylic acids is 2. The van der Waals surface area contributed by atoms with Crippen molar-refractivity contribution in [3.05, 3.63) is 29.8 Å². The van der Waals surface area contributed by atoms with E-state index < -0.39 is 5.97 Å². The molecule has 0 atom stereocenters. The molecule has 5 nitrogen and oxygen atoms in total. The van der Waals surface area contributed by atoms with Crippen molar-refractivity contribution in [3.8, 4) is 0 Å². The number of esters is 1. The molecule has 5 heteroatoms. The Balaban J connectivity index is 1.80. The first-order valence-corrected chi connectivity index (χ1v) is 6.48. The van der Waals surface area contributed by atoms with E-state index in [2.05, 4.69) is 5.32 Å². The first kappa shape index (κ1) is 13.4. The Morgan fingerprint density at radius 1 is 1.26 bits per heavy atom. The van der Waals surface area contributed by atoms with Gasteiger partial charge >= 0.3 is 5.97 Å². The van der Waals surface area contributed by atoms with Crippen LogP contribution in [0.4, 0.5) is 5.69 Å². The summed E-state index contributed by atoms with van der Waals surface area (Å²) in [4.78, 5) is 23.3. The molecular formula is C14H18N2O3. The van der Waals surface area contributed by atoms with Crippen LogP contribution in [-0.2, 0) is 9.53 Å². The lowest BCUT2D eigenvalue weighted by molar-refractivity contribution is -0.124. The van der Waals surface area contributed by atoms with E-state index >= 15 is 0 Å². The Bertz CT molecular complexity index is 468. The largest absolute Gasteiger partial charge is 0.452 e. The van der Waals surface area contributed by atoms with Gasteiger partial charge < -0.3 is 15.8 Å². The summed E-state index contributed by atoms with van der Waals surface area (Å²) in [5.74, 6) is -0.825. The van der Waals surface area contributed by atoms with Crippen LogP contribution in [0.2, 0.25) is 0 Å². The summed E-state index contributed by atoms with van der Waals surface area (Å²) in [5, 5.41) is 2.85. The summed E-state index contributed by atoms with van der Waals surface area (Å²) >= 11 is 0. The summed E-state index contributed by atoms with van der Waals surface area (Å²) in [6.45, 7) is -0.260. The van der Waals surface area contributed by atoms with Crippen LogP contribution in [0.25, 0.3) is 0 Å². The van der Waals surface area contributed by atoms with Crippen molar-refractivity contribution < 1.29 is 14.3 Å². The molecule has 0 radical (unpaired) electrons. The van der Waals surface area contributed by atoms with Crippen LogP contribution < -0.4 is 11.1 Å². The van der Waals surface area contributed by atoms with Crippen molar-refractivity contribution >= 4 is 17.6 Å². The van der Waals surface area contributed by atoms with Gasteiger partial charge in [-0.15, -0.1) is 0 Å². The summed E-state index contributed by atoms with van der Waals surface area (Å²) in [7, 11) is 0. The molecule has 1 aliphatic carbocycles. The van der Waals surface area contributed by atoms with Gasteiger partial charge in [0.1, 0.15) is 0 Å². The number of benzene rings is 1. The van der Waals surface area contributed by atoms with Gasteiger partial charge in [-0.1, -0.05) is 25.0 Å². The Hall–Kier alpha value is -2.04. The van der Waals surface area contributed by atoms with E-state index in [1.807, 2.05) is 0 Å². The van der Waals surface area contributed by atoms with Gasteiger partial charge in [0.05, 0.1) is 5.56 Å². The molecule has 2 rings (SSSR count). The fourth-order valence-electron chi connectivity index (χ4n) is 2.23. The smallest absolute Gasteiger partial charge is 0.340 e. The molecule has 0 saturated heterocycles. The number of anilines is 1. The molecule has 1 aromatic rings. The minimum absolute atomic E-state index is 0.230. The molecule has 1 aromatic carbocycles. The Kier molecular flexibility index (Phi) is 4.39. The zero-order chi connectivity index (χ0) is 13.7. The normalized spacial score (nSPS) is 15.2. The summed E-state index contributed by atoms with van der Waals surface area (Å²) in [6.07, 6.45) is 4.30. The van der Waals surface area contributed by atoms with Crippen molar-refractivity contribution in [1.82, 2.24) is 5.32 Å². The van der Waals surface area contributed by atoms with Crippen molar-refractivity contribution in [1.29, 1.82) is 0 Å². The van der Waals surface area contributed by atoms with Crippen molar-refractivity contribution in [2.24, 2.45) is 0 Å². The second-order valence-electron chi connectivity index (χ2n) is 4.71. The van der Waals surface area contributed by atoms with E-state index in [0.717, 1.165) is 25.7 Å². The molecule has 0 bridgehead atoms. The van der Waals surface area contributed by atoms with E-state index in [1.54, 1.807) is 24.3 Å². The lowest BCUT2D eigenvalue weighted by Crippen LogP contribution is -2.35. The second-order valence-corrected chi connectivity index (χ2v) is 4.71. The summed E-state index contributed by atoms with van der Waals surface area (Å²) < 4.78 is 4.95. The lowest BCUT2D eigenvalue weighted by Gasteiger charge is -2.12. The topological polar surface area (TPSA) is 81.4 Å². The fraction of sp³-hybridized carbons (Fsp3) is 0.429. The maximum Gasteiger partial charge on any atom is 0.340 e. The lowest BCUT2D eigenvalue weighted by atomic mass is 10.2. The highest BCUT2D eigenvalue weighted by Gasteiger charge is 2.18. The van der Waals surface area contributed by atoms with Crippen LogP contribution in [0, 0.1) is 0 Å². The van der Waals surface area contributed by atoms with Gasteiger partial charge in [-0.05, 0) is 25.0 Å². The zero-order valence-electron chi connectivity index (χ0n) is 10.7. The second kappa shape index (κ2) is 6.22. The van der Waals surface area contributed by atoms with Crippen LogP contribution in [0.5, 0.6) is 0 Å². The average Bonchev–Trinajstić information content (AvgIpc) is 2.89. The first-order chi connectivity index (χ1) is 9.16. The Morgan fingerprint density at radius 3 is 2.63 bits per heavy atom. The van der Waals surface area contributed by atoms with E-state index in [0.29, 0.717) is 5.69 Å². The number of amides is 1. The van der Waals surface area contributed by atoms with Crippen molar-refractivity contribution in [3.63, 3.8) is 0 Å². The minimum Gasteiger partial charge on any atom is -0.452 e. The highest BCUT2D eigenvalue weighted by atomic mass is 16.5. The molecule has 102 valence electrons. The molecule has 1 saturated carbocycles. The van der Waals surface area contributed by atoms with Crippen LogP contribution in [-0.4, -0.2) is 24.5 Å². The predicted octanol–water partition coefficient (Wildman–Crippen LogP) is 1.48. The first-order valence-electron chi connectivity index (χ1n) is 6.48. The Morgan fingerprint density at radius 2 is 1.95 bits per heavy atom. The molecule has 0 aromatic heterocycles. The van der Waals surface area contributed by atoms with Crippen LogP contribution in [0.3, 0.4) is 0 Å². The number of carbonyl (C=O) groups is 2. The number of ether oxygens (including phenoxy) is 1. The van der Waals surface area contributed by atoms with E-state index in [-0.39, 0.29) is 24.1 Å². The van der Waals surface area contributed by atoms with Crippen LogP contribution in [0.15, 0.2) is 24.3 Å². The van der Waals surface area contributed by atoms with Gasteiger partial charge in [0.2, 0.25) is 0 Å². The third-order valence-electron chi connectivity index (χ3n) is 3.24. The monoisotopic (exact) mass is 262 g/mol. The molecule has 0 unspecified atom stereocenters. The highest BCUT2D eigenvalue weighted by Crippen LogP contribution is 2.17. The van der Waals surface area contributed by atoms with Crippen LogP contribution in [0.1, 0.15) is 36.0 Å². The van der Waals surface area contributed by atoms with E-state index in [9.17, 15) is 9.59 Å². The van der Waals surface area contributed by atoms with Gasteiger partial charge in [-0.3, -0.25) is 4.79 Å². The molecule has 1 fully saturated rings. The maximum atomic E-state index is 11.7. The molecule has 1 aliphatic rings. The van der Waals surface area contributed by atoms with Crippen LogP contribution >= 0.6 is 0 Å². The summed E-state index contributed by atoms with van der Waals surface area (Å²) in [5.41, 5.74) is 6.30. The van der Waals surface area contributed by atoms with E-state index in [4.69, 9.17) is 10.5 Å². The molecule has 19 heavy (non-hydrogen) atoms. The van der Waals surface area contributed by atoms with Gasteiger partial charge in [-0.2, -0.15) is 0 Å². The molecule has 0 spiro atoms. The maximum absolute atomic E-state index is 11.7. The Labute approximate surface area is 112 Å². The molecular weight excluding hydrogens is 244 g/mol. The average molecular weight is 262 g/mol. The van der Waals surface area contributed by atoms with Gasteiger partial charge in [-0.25, -0.2) is 4.79 Å². The fourth-order valence-corrected chi connectivity index (χ4v) is 2.23. The number of hydrogen-bond acceptors (Lipinski definition) is 4. The molecule has 3 N–H and O–H groups in total. The van der Waals surface area contributed by atoms with Crippen molar-refractivity contribution in [2.75, 3.05) is 12.3 Å². The third-order valence-corrected chi connectivity index (χ3v) is 3.24. The number of para-hydroxylation sites is 1. The molecule has 1 amide bonds. The molecule has 0 heterocycles. The quantitative estimate of drug-likeness (QED) is 0.636. The number of hydrogen-bond donors (Lipinski definition) is 2. The van der Waals surface area contributed by atoms with Gasteiger partial charge in [0.15, 0.2) is 6.61 Å². The number of nitrogens with two attached hydrogens (primary N) is 1. The number of rotatable bonds is 4. The molecule has 0 aliphatic heterocycles. The zero-order valence-corrected chi connectivity index (χ0v) is 10.7. The summed E-state index contributed by atoms with van der Waals surface area (Å²) in [6, 6.07) is 6.86. The van der Waals surface area contributed by atoms with Gasteiger partial charge in [0, 0.05) is 11.7 Å².